The van der Waals surface area contributed by atoms with Crippen molar-refractivity contribution < 1.29 is 19.6 Å². The minimum absolute atomic E-state index is 0.195. The molecule has 0 aliphatic heterocycles. The van der Waals surface area contributed by atoms with E-state index in [1.54, 1.807) is 37.3 Å². The van der Waals surface area contributed by atoms with E-state index in [0.29, 0.717) is 18.0 Å². The number of para-hydroxylation sites is 2. The Bertz CT molecular complexity index is 915. The lowest BCUT2D eigenvalue weighted by atomic mass is 10.1. The number of nitriles is 1. The van der Waals surface area contributed by atoms with Crippen molar-refractivity contribution in [3.05, 3.63) is 63.7 Å². The second-order valence-electron chi connectivity index (χ2n) is 5.04. The van der Waals surface area contributed by atoms with Gasteiger partial charge in [-0.25, -0.2) is 0 Å². The number of hydrogen-bond acceptors (Lipinski definition) is 6. The fraction of sp³-hybridized carbons (Fsp3) is 0.111. The summed E-state index contributed by atoms with van der Waals surface area (Å²) in [6.45, 7) is 2.20. The van der Waals surface area contributed by atoms with Gasteiger partial charge in [0.25, 0.3) is 11.6 Å². The zero-order valence-electron chi connectivity index (χ0n) is 13.8. The lowest BCUT2D eigenvalue weighted by Crippen LogP contribution is -2.14. The average Bonchev–Trinajstić information content (AvgIpc) is 2.62. The second kappa shape index (κ2) is 8.30. The third-order valence-corrected chi connectivity index (χ3v) is 3.29. The van der Waals surface area contributed by atoms with Crippen LogP contribution in [0.25, 0.3) is 6.08 Å². The van der Waals surface area contributed by atoms with Crippen LogP contribution in [0.5, 0.6) is 11.5 Å². The summed E-state index contributed by atoms with van der Waals surface area (Å²) in [5, 5.41) is 34.1. The molecule has 8 nitrogen and oxygen atoms in total. The van der Waals surface area contributed by atoms with E-state index in [9.17, 15) is 25.3 Å². The Morgan fingerprint density at radius 2 is 2.08 bits per heavy atom. The molecule has 26 heavy (non-hydrogen) atoms. The molecule has 0 aliphatic carbocycles. The van der Waals surface area contributed by atoms with Gasteiger partial charge in [-0.2, -0.15) is 5.26 Å². The molecule has 0 spiro atoms. The fourth-order valence-electron chi connectivity index (χ4n) is 2.12. The number of nitro benzene ring substituents is 1. The summed E-state index contributed by atoms with van der Waals surface area (Å²) in [7, 11) is 0. The topological polar surface area (TPSA) is 128 Å². The van der Waals surface area contributed by atoms with Crippen molar-refractivity contribution in [2.75, 3.05) is 11.9 Å². The van der Waals surface area contributed by atoms with Crippen molar-refractivity contribution in [1.82, 2.24) is 0 Å². The molecular weight excluding hydrogens is 338 g/mol. The van der Waals surface area contributed by atoms with Crippen LogP contribution < -0.4 is 15.2 Å². The monoisotopic (exact) mass is 352 g/mol. The number of benzene rings is 2. The lowest BCUT2D eigenvalue weighted by molar-refractivity contribution is -0.398. The first-order valence-electron chi connectivity index (χ1n) is 7.56. The van der Waals surface area contributed by atoms with Gasteiger partial charge in [-0.05, 0) is 36.4 Å². The van der Waals surface area contributed by atoms with Gasteiger partial charge in [0.15, 0.2) is 0 Å². The molecule has 1 N–H and O–H groups in total. The van der Waals surface area contributed by atoms with Crippen molar-refractivity contribution in [3.63, 3.8) is 0 Å². The molecule has 2 rings (SSSR count). The zero-order chi connectivity index (χ0) is 19.1. The van der Waals surface area contributed by atoms with Crippen molar-refractivity contribution in [2.45, 2.75) is 6.92 Å². The molecule has 0 heterocycles. The summed E-state index contributed by atoms with van der Waals surface area (Å²) >= 11 is 0. The molecule has 0 aliphatic rings. The van der Waals surface area contributed by atoms with Crippen LogP contribution in [0, 0.1) is 21.4 Å². The number of nitro groups is 1. The first kappa shape index (κ1) is 18.5. The van der Waals surface area contributed by atoms with E-state index in [1.807, 2.05) is 0 Å². The molecule has 0 saturated carbocycles. The number of carbonyl (C=O) groups is 1. The smallest absolute Gasteiger partial charge is 0.266 e. The third-order valence-electron chi connectivity index (χ3n) is 3.29. The van der Waals surface area contributed by atoms with Crippen LogP contribution in [0.4, 0.5) is 11.4 Å². The van der Waals surface area contributed by atoms with Crippen molar-refractivity contribution in [2.24, 2.45) is 0 Å². The summed E-state index contributed by atoms with van der Waals surface area (Å²) in [5.41, 5.74) is -0.315. The predicted molar refractivity (Wildman–Crippen MR) is 92.4 cm³/mol. The normalized spacial score (nSPS) is 10.7. The molecule has 0 radical (unpaired) electrons. The molecular formula is C18H14N3O5-. The van der Waals surface area contributed by atoms with Gasteiger partial charge < -0.3 is 15.2 Å². The Hall–Kier alpha value is -3.86. The Morgan fingerprint density at radius 1 is 1.35 bits per heavy atom. The van der Waals surface area contributed by atoms with E-state index in [4.69, 9.17) is 4.74 Å². The molecule has 0 unspecified atom stereocenters. The van der Waals surface area contributed by atoms with Crippen LogP contribution in [0.15, 0.2) is 48.0 Å². The standard InChI is InChI=1S/C18H15N3O5/c1-2-26-17-6-4-3-5-14(17)20-18(23)13(11-19)9-12-7-8-16(22)15(10-12)21(24)25/h3-10,22H,2H2,1H3,(H,20,23)/p-1/b13-9+. The van der Waals surface area contributed by atoms with E-state index >= 15 is 0 Å². The Labute approximate surface area is 149 Å². The second-order valence-corrected chi connectivity index (χ2v) is 5.04. The first-order valence-corrected chi connectivity index (χ1v) is 7.56. The van der Waals surface area contributed by atoms with Gasteiger partial charge >= 0.3 is 0 Å². The molecule has 2 aromatic rings. The summed E-state index contributed by atoms with van der Waals surface area (Å²) in [6.07, 6.45) is 1.17. The summed E-state index contributed by atoms with van der Waals surface area (Å²) in [6, 6.07) is 11.8. The van der Waals surface area contributed by atoms with Crippen LogP contribution in [0.2, 0.25) is 0 Å². The quantitative estimate of drug-likeness (QED) is 0.368. The van der Waals surface area contributed by atoms with E-state index in [2.05, 4.69) is 5.32 Å². The predicted octanol–water partition coefficient (Wildman–Crippen LogP) is 2.61. The number of amides is 1. The van der Waals surface area contributed by atoms with Crippen LogP contribution in [-0.4, -0.2) is 17.4 Å². The van der Waals surface area contributed by atoms with Crippen molar-refractivity contribution in [3.8, 4) is 17.6 Å². The fourth-order valence-corrected chi connectivity index (χ4v) is 2.12. The van der Waals surface area contributed by atoms with Gasteiger partial charge in [0, 0.05) is 6.07 Å². The minimum atomic E-state index is -0.815. The van der Waals surface area contributed by atoms with Gasteiger partial charge in [0.2, 0.25) is 0 Å². The number of nitrogens with zero attached hydrogens (tertiary/aromatic N) is 2. The molecule has 0 atom stereocenters. The lowest BCUT2D eigenvalue weighted by Gasteiger charge is -2.11. The highest BCUT2D eigenvalue weighted by molar-refractivity contribution is 6.10. The molecule has 0 saturated heterocycles. The third kappa shape index (κ3) is 4.36. The van der Waals surface area contributed by atoms with Gasteiger partial charge in [-0.3, -0.25) is 14.9 Å². The van der Waals surface area contributed by atoms with Gasteiger partial charge in [-0.15, -0.1) is 0 Å². The van der Waals surface area contributed by atoms with E-state index in [0.717, 1.165) is 12.1 Å². The number of anilines is 1. The van der Waals surface area contributed by atoms with Crippen LogP contribution in [-0.2, 0) is 4.79 Å². The number of carbonyl (C=O) groups excluding carboxylic acids is 1. The maximum atomic E-state index is 12.3. The summed E-state index contributed by atoms with van der Waals surface area (Å²) in [4.78, 5) is 22.4. The van der Waals surface area contributed by atoms with E-state index in [1.165, 1.54) is 12.1 Å². The van der Waals surface area contributed by atoms with Gasteiger partial charge in [0.05, 0.1) is 17.2 Å². The zero-order valence-corrected chi connectivity index (χ0v) is 13.8. The number of rotatable bonds is 6. The minimum Gasteiger partial charge on any atom is -0.868 e. The molecule has 8 heteroatoms. The molecule has 1 amide bonds. The number of ether oxygens (including phenoxy) is 1. The highest BCUT2D eigenvalue weighted by Crippen LogP contribution is 2.26. The molecule has 2 aromatic carbocycles. The summed E-state index contributed by atoms with van der Waals surface area (Å²) < 4.78 is 5.40. The van der Waals surface area contributed by atoms with Gasteiger partial charge in [-0.1, -0.05) is 24.3 Å². The summed E-state index contributed by atoms with van der Waals surface area (Å²) in [5.74, 6) is -0.999. The average molecular weight is 352 g/mol. The van der Waals surface area contributed by atoms with Gasteiger partial charge in [0.1, 0.15) is 17.4 Å². The molecule has 0 bridgehead atoms. The highest BCUT2D eigenvalue weighted by atomic mass is 16.6. The Balaban J connectivity index is 2.30. The van der Waals surface area contributed by atoms with Crippen LogP contribution in [0.1, 0.15) is 12.5 Å². The Morgan fingerprint density at radius 3 is 2.73 bits per heavy atom. The first-order chi connectivity index (χ1) is 12.5. The highest BCUT2D eigenvalue weighted by Gasteiger charge is 2.13. The maximum Gasteiger partial charge on any atom is 0.266 e. The molecule has 0 aromatic heterocycles. The largest absolute Gasteiger partial charge is 0.868 e. The maximum absolute atomic E-state index is 12.3. The van der Waals surface area contributed by atoms with Crippen LogP contribution >= 0.6 is 0 Å². The van der Waals surface area contributed by atoms with Crippen molar-refractivity contribution >= 4 is 23.4 Å². The van der Waals surface area contributed by atoms with Crippen LogP contribution in [0.3, 0.4) is 0 Å². The Kier molecular flexibility index (Phi) is 5.90. The van der Waals surface area contributed by atoms with Crippen molar-refractivity contribution in [1.29, 1.82) is 5.26 Å². The molecule has 0 fully saturated rings. The van der Waals surface area contributed by atoms with E-state index in [-0.39, 0.29) is 11.1 Å². The molecule has 132 valence electrons. The SMILES string of the molecule is CCOc1ccccc1NC(=O)/C(C#N)=C/c1ccc([O-])c([N+](=O)[O-])c1. The van der Waals surface area contributed by atoms with E-state index < -0.39 is 22.3 Å². The number of nitrogens with one attached hydrogen (secondary N) is 1. The number of hydrogen-bond donors (Lipinski definition) is 1.